The van der Waals surface area contributed by atoms with Crippen molar-refractivity contribution < 1.29 is 14.3 Å². The van der Waals surface area contributed by atoms with Crippen LogP contribution in [0.1, 0.15) is 18.1 Å². The summed E-state index contributed by atoms with van der Waals surface area (Å²) in [6, 6.07) is 14.1. The van der Waals surface area contributed by atoms with Crippen LogP contribution >= 0.6 is 0 Å². The van der Waals surface area contributed by atoms with Crippen molar-refractivity contribution in [1.29, 1.82) is 5.26 Å². The first-order valence-corrected chi connectivity index (χ1v) is 9.37. The molecule has 0 fully saturated rings. The van der Waals surface area contributed by atoms with Gasteiger partial charge in [-0.15, -0.1) is 0 Å². The zero-order chi connectivity index (χ0) is 21.2. The van der Waals surface area contributed by atoms with Crippen molar-refractivity contribution >= 4 is 11.6 Å². The highest BCUT2D eigenvalue weighted by Crippen LogP contribution is 2.29. The number of amides is 1. The maximum absolute atomic E-state index is 12.4. The normalized spacial score (nSPS) is 9.87. The molecule has 1 aromatic heterocycles. The molecule has 0 saturated carbocycles. The van der Waals surface area contributed by atoms with Gasteiger partial charge in [-0.2, -0.15) is 5.26 Å². The number of aromatic nitrogens is 2. The third-order valence-electron chi connectivity index (χ3n) is 4.02. The molecule has 0 bridgehead atoms. The molecule has 0 aliphatic carbocycles. The number of hydrogen-bond acceptors (Lipinski definition) is 5. The van der Waals surface area contributed by atoms with E-state index in [0.717, 1.165) is 5.56 Å². The molecule has 30 heavy (non-hydrogen) atoms. The van der Waals surface area contributed by atoms with Crippen LogP contribution in [0.2, 0.25) is 0 Å². The van der Waals surface area contributed by atoms with E-state index in [-0.39, 0.29) is 0 Å². The zero-order valence-corrected chi connectivity index (χ0v) is 16.4. The molecule has 0 aliphatic rings. The number of H-pyrrole nitrogens is 1. The summed E-state index contributed by atoms with van der Waals surface area (Å²) in [6.07, 6.45) is 3.38. The van der Waals surface area contributed by atoms with Crippen molar-refractivity contribution in [2.75, 3.05) is 25.1 Å². The van der Waals surface area contributed by atoms with Crippen molar-refractivity contribution in [1.82, 2.24) is 9.97 Å². The van der Waals surface area contributed by atoms with E-state index in [4.69, 9.17) is 14.7 Å². The van der Waals surface area contributed by atoms with E-state index in [1.54, 1.807) is 48.8 Å². The fraction of sp³-hybridized carbons (Fsp3) is 0.174. The van der Waals surface area contributed by atoms with E-state index in [2.05, 4.69) is 27.1 Å². The number of nitriles is 1. The van der Waals surface area contributed by atoms with E-state index < -0.39 is 5.91 Å². The Morgan fingerprint density at radius 2 is 1.97 bits per heavy atom. The first-order valence-electron chi connectivity index (χ1n) is 9.37. The van der Waals surface area contributed by atoms with E-state index in [0.29, 0.717) is 48.2 Å². The van der Waals surface area contributed by atoms with Crippen LogP contribution in [-0.4, -0.2) is 35.7 Å². The molecule has 3 aromatic rings. The van der Waals surface area contributed by atoms with E-state index in [9.17, 15) is 4.79 Å². The van der Waals surface area contributed by atoms with Gasteiger partial charge in [0, 0.05) is 36.0 Å². The predicted molar refractivity (Wildman–Crippen MR) is 113 cm³/mol. The van der Waals surface area contributed by atoms with Gasteiger partial charge in [-0.05, 0) is 49.4 Å². The molecule has 7 heteroatoms. The fourth-order valence-corrected chi connectivity index (χ4v) is 2.59. The minimum absolute atomic E-state index is 0.355. The Labute approximate surface area is 174 Å². The molecular formula is C23H20N4O3. The monoisotopic (exact) mass is 400 g/mol. The smallest absolute Gasteiger partial charge is 0.300 e. The number of rotatable bonds is 7. The Hall–Kier alpha value is -4.07. The molecule has 1 amide bonds. The number of ether oxygens (including phenoxy) is 2. The van der Waals surface area contributed by atoms with Crippen LogP contribution in [0.25, 0.3) is 11.4 Å². The maximum Gasteiger partial charge on any atom is 0.300 e. The van der Waals surface area contributed by atoms with E-state index in [1.807, 2.05) is 19.1 Å². The van der Waals surface area contributed by atoms with Gasteiger partial charge in [0.1, 0.15) is 18.2 Å². The summed E-state index contributed by atoms with van der Waals surface area (Å²) in [5.41, 5.74) is 2.46. The molecule has 2 N–H and O–H groups in total. The molecule has 0 unspecified atom stereocenters. The number of hydrogen-bond donors (Lipinski definition) is 2. The third-order valence-corrected chi connectivity index (χ3v) is 4.02. The van der Waals surface area contributed by atoms with Crippen molar-refractivity contribution in [3.05, 3.63) is 66.0 Å². The summed E-state index contributed by atoms with van der Waals surface area (Å²) >= 11 is 0. The highest BCUT2D eigenvalue weighted by atomic mass is 16.5. The lowest BCUT2D eigenvalue weighted by molar-refractivity contribution is -0.111. The van der Waals surface area contributed by atoms with E-state index in [1.165, 1.54) is 0 Å². The second-order valence-electron chi connectivity index (χ2n) is 6.09. The lowest BCUT2D eigenvalue weighted by Gasteiger charge is -2.12. The number of carbonyl (C=O) groups excluding carboxylic acids is 1. The molecule has 150 valence electrons. The summed E-state index contributed by atoms with van der Waals surface area (Å²) in [5, 5.41) is 11.6. The largest absolute Gasteiger partial charge is 0.489 e. The molecule has 0 spiro atoms. The topological polar surface area (TPSA) is 100 Å². The Morgan fingerprint density at radius 3 is 2.67 bits per heavy atom. The minimum atomic E-state index is -0.481. The Balaban J connectivity index is 1.77. The molecule has 7 nitrogen and oxygen atoms in total. The van der Waals surface area contributed by atoms with Gasteiger partial charge >= 0.3 is 5.91 Å². The van der Waals surface area contributed by atoms with Gasteiger partial charge in [0.2, 0.25) is 0 Å². The Morgan fingerprint density at radius 1 is 1.17 bits per heavy atom. The zero-order valence-electron chi connectivity index (χ0n) is 16.4. The van der Waals surface area contributed by atoms with Crippen LogP contribution in [0.5, 0.6) is 5.75 Å². The lowest BCUT2D eigenvalue weighted by atomic mass is 10.1. The Kier molecular flexibility index (Phi) is 7.21. The van der Waals surface area contributed by atoms with Crippen LogP contribution in [0, 0.1) is 23.2 Å². The molecule has 3 rings (SSSR count). The van der Waals surface area contributed by atoms with Gasteiger partial charge in [0.15, 0.2) is 0 Å². The first-order chi connectivity index (χ1) is 14.7. The van der Waals surface area contributed by atoms with Gasteiger partial charge in [-0.25, -0.2) is 4.98 Å². The summed E-state index contributed by atoms with van der Waals surface area (Å²) in [4.78, 5) is 19.7. The lowest BCUT2D eigenvalue weighted by Crippen LogP contribution is -2.12. The molecule has 0 aliphatic heterocycles. The second kappa shape index (κ2) is 10.5. The summed E-state index contributed by atoms with van der Waals surface area (Å²) in [7, 11) is 0. The van der Waals surface area contributed by atoms with E-state index >= 15 is 0 Å². The molecule has 2 aromatic carbocycles. The summed E-state index contributed by atoms with van der Waals surface area (Å²) in [6.45, 7) is 3.32. The van der Waals surface area contributed by atoms with Crippen molar-refractivity contribution in [2.24, 2.45) is 0 Å². The van der Waals surface area contributed by atoms with Gasteiger partial charge in [0.05, 0.1) is 23.9 Å². The Bertz CT molecular complexity index is 1090. The van der Waals surface area contributed by atoms with Gasteiger partial charge < -0.3 is 19.8 Å². The average Bonchev–Trinajstić information content (AvgIpc) is 3.31. The van der Waals surface area contributed by atoms with Crippen LogP contribution in [-0.2, 0) is 9.53 Å². The number of aromatic amines is 1. The third kappa shape index (κ3) is 5.71. The summed E-state index contributed by atoms with van der Waals surface area (Å²) < 4.78 is 11.0. The number of nitrogens with zero attached hydrogens (tertiary/aromatic N) is 2. The van der Waals surface area contributed by atoms with Crippen molar-refractivity contribution in [3.8, 4) is 35.0 Å². The first kappa shape index (κ1) is 20.7. The summed E-state index contributed by atoms with van der Waals surface area (Å²) in [5.74, 6) is 6.05. The maximum atomic E-state index is 12.4. The minimum Gasteiger partial charge on any atom is -0.489 e. The van der Waals surface area contributed by atoms with Crippen molar-refractivity contribution in [2.45, 2.75) is 6.92 Å². The van der Waals surface area contributed by atoms with Crippen molar-refractivity contribution in [3.63, 3.8) is 0 Å². The molecule has 1 heterocycles. The highest BCUT2D eigenvalue weighted by Gasteiger charge is 2.10. The number of carbonyl (C=O) groups is 1. The van der Waals surface area contributed by atoms with Crippen LogP contribution in [0.3, 0.4) is 0 Å². The second-order valence-corrected chi connectivity index (χ2v) is 6.09. The molecule has 0 saturated heterocycles. The molecule has 0 atom stereocenters. The van der Waals surface area contributed by atoms with Gasteiger partial charge in [-0.1, -0.05) is 5.92 Å². The van der Waals surface area contributed by atoms with Gasteiger partial charge in [-0.3, -0.25) is 4.79 Å². The average molecular weight is 400 g/mol. The van der Waals surface area contributed by atoms with Crippen LogP contribution in [0.4, 0.5) is 5.69 Å². The number of imidazole rings is 1. The fourth-order valence-electron chi connectivity index (χ4n) is 2.59. The van der Waals surface area contributed by atoms with Crippen LogP contribution in [0.15, 0.2) is 54.9 Å². The highest BCUT2D eigenvalue weighted by molar-refractivity contribution is 6.05. The van der Waals surface area contributed by atoms with Gasteiger partial charge in [0.25, 0.3) is 0 Å². The van der Waals surface area contributed by atoms with Crippen LogP contribution < -0.4 is 10.1 Å². The SMILES string of the molecule is CCOCCOc1ccc(-c2ncc[nH]2)cc1NC(=O)C#Cc1ccc(C#N)cc1. The molecular weight excluding hydrogens is 380 g/mol. The number of benzene rings is 2. The standard InChI is InChI=1S/C23H20N4O3/c1-2-29-13-14-30-21-9-8-19(23-25-11-12-26-23)15-20(21)27-22(28)10-7-17-3-5-18(16-24)6-4-17/h3-6,8-9,11-12,15H,2,13-14H2,1H3,(H,25,26)(H,27,28). The number of anilines is 1. The predicted octanol–water partition coefficient (Wildman–Crippen LogP) is 3.35. The molecule has 0 radical (unpaired) electrons. The quantitative estimate of drug-likeness (QED) is 0.468. The number of nitrogens with one attached hydrogen (secondary N) is 2.